The smallest absolute Gasteiger partial charge is 0.462 e. The summed E-state index contributed by atoms with van der Waals surface area (Å²) in [6.07, 6.45) is 48.4. The third-order valence-electron chi connectivity index (χ3n) is 16.8. The second-order valence-electron chi connectivity index (χ2n) is 26.3. The number of aliphatic hydroxyl groups is 1. The highest BCUT2D eigenvalue weighted by molar-refractivity contribution is 7.47. The van der Waals surface area contributed by atoms with Crippen molar-refractivity contribution in [3.8, 4) is 0 Å². The monoisotopic (exact) mass is 1320 g/mol. The second-order valence-corrected chi connectivity index (χ2v) is 29.3. The number of carbonyl (C=O) groups is 4. The van der Waals surface area contributed by atoms with Crippen LogP contribution in [0.3, 0.4) is 0 Å². The van der Waals surface area contributed by atoms with E-state index in [9.17, 15) is 43.2 Å². The maximum atomic E-state index is 13.0. The topological polar surface area (TPSA) is 237 Å². The van der Waals surface area contributed by atoms with Crippen molar-refractivity contribution in [2.24, 2.45) is 11.8 Å². The Balaban J connectivity index is 5.26. The molecule has 0 saturated heterocycles. The van der Waals surface area contributed by atoms with E-state index in [1.807, 2.05) is 0 Å². The van der Waals surface area contributed by atoms with Crippen LogP contribution >= 0.6 is 15.6 Å². The number of phosphoric ester groups is 2. The van der Waals surface area contributed by atoms with Gasteiger partial charge in [-0.05, 0) is 37.5 Å². The molecule has 3 unspecified atom stereocenters. The molecule has 0 aromatic carbocycles. The van der Waals surface area contributed by atoms with E-state index in [-0.39, 0.29) is 25.7 Å². The van der Waals surface area contributed by atoms with Crippen molar-refractivity contribution in [1.29, 1.82) is 0 Å². The molecule has 0 aliphatic rings. The lowest BCUT2D eigenvalue weighted by Gasteiger charge is -2.21. The van der Waals surface area contributed by atoms with E-state index in [0.29, 0.717) is 25.7 Å². The summed E-state index contributed by atoms with van der Waals surface area (Å²) in [4.78, 5) is 72.6. The van der Waals surface area contributed by atoms with Crippen molar-refractivity contribution >= 4 is 39.5 Å². The van der Waals surface area contributed by atoms with E-state index in [1.54, 1.807) is 0 Å². The van der Waals surface area contributed by atoms with Crippen molar-refractivity contribution in [2.45, 2.75) is 381 Å². The van der Waals surface area contributed by atoms with Crippen LogP contribution in [-0.4, -0.2) is 96.7 Å². The van der Waals surface area contributed by atoms with Gasteiger partial charge in [0.25, 0.3) is 0 Å². The molecule has 17 nitrogen and oxygen atoms in total. The van der Waals surface area contributed by atoms with Crippen LogP contribution < -0.4 is 0 Å². The van der Waals surface area contributed by atoms with Gasteiger partial charge in [-0.15, -0.1) is 0 Å². The van der Waals surface area contributed by atoms with Crippen molar-refractivity contribution in [3.05, 3.63) is 0 Å². The first-order valence-corrected chi connectivity index (χ1v) is 40.0. The third kappa shape index (κ3) is 63.5. The van der Waals surface area contributed by atoms with Gasteiger partial charge in [0, 0.05) is 25.7 Å². The van der Waals surface area contributed by atoms with Crippen molar-refractivity contribution in [2.75, 3.05) is 39.6 Å². The summed E-state index contributed by atoms with van der Waals surface area (Å²) in [6.45, 7) is 9.55. The molecule has 90 heavy (non-hydrogen) atoms. The molecule has 0 spiro atoms. The summed E-state index contributed by atoms with van der Waals surface area (Å²) >= 11 is 0. The lowest BCUT2D eigenvalue weighted by Crippen LogP contribution is -2.30. The van der Waals surface area contributed by atoms with Gasteiger partial charge in [0.15, 0.2) is 12.2 Å². The highest BCUT2D eigenvalue weighted by Crippen LogP contribution is 2.45. The quantitative estimate of drug-likeness (QED) is 0.0222. The molecule has 0 amide bonds. The summed E-state index contributed by atoms with van der Waals surface area (Å²) < 4.78 is 68.3. The van der Waals surface area contributed by atoms with Gasteiger partial charge in [0.2, 0.25) is 0 Å². The van der Waals surface area contributed by atoms with Crippen LogP contribution in [0.1, 0.15) is 363 Å². The van der Waals surface area contributed by atoms with Crippen LogP contribution in [0, 0.1) is 11.8 Å². The van der Waals surface area contributed by atoms with Gasteiger partial charge in [-0.25, -0.2) is 9.13 Å². The molecule has 0 aliphatic heterocycles. The minimum absolute atomic E-state index is 0.105. The Hall–Kier alpha value is -1.94. The molecular formula is C71H138O17P2. The molecule has 0 saturated carbocycles. The molecule has 19 heteroatoms. The fourth-order valence-electron chi connectivity index (χ4n) is 10.7. The highest BCUT2D eigenvalue weighted by Gasteiger charge is 2.30. The van der Waals surface area contributed by atoms with Gasteiger partial charge in [0.05, 0.1) is 26.4 Å². The number of carbonyl (C=O) groups excluding carboxylic acids is 4. The lowest BCUT2D eigenvalue weighted by atomic mass is 9.99. The standard InChI is InChI=1S/C71H138O17P2/c1-7-10-12-14-16-18-20-21-22-24-30-37-43-49-55-70(75)87-66(59-82-69(74)54-48-42-36-29-26-25-27-33-39-45-51-63(4)5)61-85-89(77,78)83-57-65(72)58-84-90(79,80)86-62-67(60-81-68(73)53-47-41-35-28-23-19-17-15-13-11-8-2)88-71(76)56-50-44-38-32-31-34-40-46-52-64(6)9-3/h63-67,72H,7-62H2,1-6H3,(H,77,78)(H,79,80)/t64?,65-,66-,67-/m1/s1. The van der Waals surface area contributed by atoms with E-state index >= 15 is 0 Å². The summed E-state index contributed by atoms with van der Waals surface area (Å²) in [5.74, 6) is -0.593. The fourth-order valence-corrected chi connectivity index (χ4v) is 12.3. The molecule has 534 valence electrons. The van der Waals surface area contributed by atoms with Crippen LogP contribution in [0.4, 0.5) is 0 Å². The van der Waals surface area contributed by atoms with Crippen LogP contribution in [0.2, 0.25) is 0 Å². The average molecular weight is 1330 g/mol. The number of ether oxygens (including phenoxy) is 4. The molecule has 0 aromatic heterocycles. The zero-order chi connectivity index (χ0) is 66.5. The number of hydrogen-bond acceptors (Lipinski definition) is 15. The Morgan fingerprint density at radius 2 is 0.567 bits per heavy atom. The maximum absolute atomic E-state index is 13.0. The van der Waals surface area contributed by atoms with Gasteiger partial charge in [0.1, 0.15) is 19.3 Å². The Bertz CT molecular complexity index is 1750. The number of unbranched alkanes of at least 4 members (excludes halogenated alkanes) is 39. The van der Waals surface area contributed by atoms with E-state index in [2.05, 4.69) is 41.5 Å². The summed E-state index contributed by atoms with van der Waals surface area (Å²) in [5.41, 5.74) is 0. The molecule has 6 atom stereocenters. The van der Waals surface area contributed by atoms with E-state index in [0.717, 1.165) is 102 Å². The largest absolute Gasteiger partial charge is 0.472 e. The number of hydrogen-bond donors (Lipinski definition) is 3. The Morgan fingerprint density at radius 3 is 0.844 bits per heavy atom. The van der Waals surface area contributed by atoms with Crippen molar-refractivity contribution in [1.82, 2.24) is 0 Å². The van der Waals surface area contributed by atoms with E-state index in [1.165, 1.54) is 180 Å². The van der Waals surface area contributed by atoms with Crippen LogP contribution in [0.5, 0.6) is 0 Å². The Kier molecular flexibility index (Phi) is 61.8. The van der Waals surface area contributed by atoms with Gasteiger partial charge < -0.3 is 33.8 Å². The second kappa shape index (κ2) is 63.1. The fraction of sp³-hybridized carbons (Fsp3) is 0.944. The molecule has 0 heterocycles. The molecule has 0 aromatic rings. The van der Waals surface area contributed by atoms with Crippen LogP contribution in [-0.2, 0) is 65.4 Å². The summed E-state index contributed by atoms with van der Waals surface area (Å²) in [6, 6.07) is 0. The molecule has 0 aliphatic carbocycles. The minimum Gasteiger partial charge on any atom is -0.462 e. The highest BCUT2D eigenvalue weighted by atomic mass is 31.2. The SMILES string of the molecule is CCCCCCCCCCCCCCCCC(=O)O[C@H](COC(=O)CCCCCCCCCCCCC(C)C)COP(=O)(O)OC[C@@H](O)COP(=O)(O)OC[C@@H](COC(=O)CCCCCCCCCCCCC)OC(=O)CCCCCCCCCCC(C)CC. The summed E-state index contributed by atoms with van der Waals surface area (Å²) in [7, 11) is -9.90. The Morgan fingerprint density at radius 1 is 0.322 bits per heavy atom. The first kappa shape index (κ1) is 88.1. The summed E-state index contributed by atoms with van der Waals surface area (Å²) in [5, 5.41) is 10.6. The van der Waals surface area contributed by atoms with Gasteiger partial charge in [-0.2, -0.15) is 0 Å². The number of aliphatic hydroxyl groups excluding tert-OH is 1. The number of rotatable bonds is 70. The zero-order valence-electron chi connectivity index (χ0n) is 58.4. The third-order valence-corrected chi connectivity index (χ3v) is 18.7. The molecule has 0 radical (unpaired) electrons. The molecule has 3 N–H and O–H groups in total. The maximum Gasteiger partial charge on any atom is 0.472 e. The normalized spacial score (nSPS) is 14.4. The Labute approximate surface area is 549 Å². The van der Waals surface area contributed by atoms with Gasteiger partial charge in [-0.3, -0.25) is 37.3 Å². The molecule has 0 bridgehead atoms. The van der Waals surface area contributed by atoms with Crippen molar-refractivity contribution < 1.29 is 80.2 Å². The molecule has 0 fully saturated rings. The van der Waals surface area contributed by atoms with Crippen LogP contribution in [0.15, 0.2) is 0 Å². The predicted octanol–water partition coefficient (Wildman–Crippen LogP) is 20.4. The van der Waals surface area contributed by atoms with E-state index in [4.69, 9.17) is 37.0 Å². The molecular weight excluding hydrogens is 1190 g/mol. The number of esters is 4. The van der Waals surface area contributed by atoms with Crippen LogP contribution in [0.25, 0.3) is 0 Å². The van der Waals surface area contributed by atoms with Gasteiger partial charge in [-0.1, -0.05) is 311 Å². The predicted molar refractivity (Wildman–Crippen MR) is 363 cm³/mol. The minimum atomic E-state index is -4.95. The van der Waals surface area contributed by atoms with Crippen molar-refractivity contribution in [3.63, 3.8) is 0 Å². The molecule has 0 rings (SSSR count). The first-order valence-electron chi connectivity index (χ1n) is 37.0. The number of phosphoric acid groups is 2. The lowest BCUT2D eigenvalue weighted by molar-refractivity contribution is -0.161. The average Bonchev–Trinajstić information content (AvgIpc) is 3.46. The first-order chi connectivity index (χ1) is 43.4. The van der Waals surface area contributed by atoms with E-state index < -0.39 is 97.5 Å². The zero-order valence-corrected chi connectivity index (χ0v) is 60.2. The van der Waals surface area contributed by atoms with Gasteiger partial charge >= 0.3 is 39.5 Å².